The Kier molecular flexibility index (Phi) is 8.70. The van der Waals surface area contributed by atoms with Crippen LogP contribution in [0.15, 0.2) is 53.4 Å². The molecule has 5 nitrogen and oxygen atoms in total. The lowest BCUT2D eigenvalue weighted by atomic mass is 9.89. The molecule has 4 rings (SSSR count). The molecular formula is C27H35N3O2S. The van der Waals surface area contributed by atoms with Gasteiger partial charge in [-0.05, 0) is 74.4 Å². The summed E-state index contributed by atoms with van der Waals surface area (Å²) in [5.74, 6) is 0.828. The lowest BCUT2D eigenvalue weighted by molar-refractivity contribution is -0.118. The topological polar surface area (TPSA) is 61.4 Å². The monoisotopic (exact) mass is 465 g/mol. The summed E-state index contributed by atoms with van der Waals surface area (Å²) in [7, 11) is 0. The highest BCUT2D eigenvalue weighted by atomic mass is 32.2. The van der Waals surface area contributed by atoms with Crippen molar-refractivity contribution in [2.75, 3.05) is 35.6 Å². The van der Waals surface area contributed by atoms with Gasteiger partial charge in [0.1, 0.15) is 0 Å². The highest BCUT2D eigenvalue weighted by Crippen LogP contribution is 2.26. The zero-order valence-corrected chi connectivity index (χ0v) is 20.2. The van der Waals surface area contributed by atoms with Gasteiger partial charge in [0.15, 0.2) is 0 Å². The van der Waals surface area contributed by atoms with Crippen molar-refractivity contribution < 1.29 is 9.59 Å². The van der Waals surface area contributed by atoms with Crippen LogP contribution in [-0.4, -0.2) is 37.2 Å². The second kappa shape index (κ2) is 12.1. The van der Waals surface area contributed by atoms with E-state index in [9.17, 15) is 9.59 Å². The Labute approximate surface area is 201 Å². The minimum Gasteiger partial charge on any atom is -0.372 e. The molecule has 176 valence electrons. The third kappa shape index (κ3) is 7.00. The molecule has 6 heteroatoms. The molecule has 2 aromatic carbocycles. The van der Waals surface area contributed by atoms with Crippen LogP contribution in [0, 0.1) is 5.92 Å². The van der Waals surface area contributed by atoms with E-state index in [0.717, 1.165) is 30.2 Å². The minimum atomic E-state index is -0.147. The smallest absolute Gasteiger partial charge is 0.256 e. The van der Waals surface area contributed by atoms with Gasteiger partial charge in [0.25, 0.3) is 5.91 Å². The third-order valence-electron chi connectivity index (χ3n) is 6.65. The molecule has 1 saturated heterocycles. The minimum absolute atomic E-state index is 0.0362. The van der Waals surface area contributed by atoms with Gasteiger partial charge in [-0.3, -0.25) is 9.59 Å². The second-order valence-electron chi connectivity index (χ2n) is 9.14. The van der Waals surface area contributed by atoms with Crippen molar-refractivity contribution in [1.29, 1.82) is 0 Å². The lowest BCUT2D eigenvalue weighted by Gasteiger charge is -2.28. The first-order valence-corrected chi connectivity index (χ1v) is 13.3. The van der Waals surface area contributed by atoms with Crippen LogP contribution in [0.1, 0.15) is 61.7 Å². The Morgan fingerprint density at radius 2 is 1.58 bits per heavy atom. The van der Waals surface area contributed by atoms with E-state index in [1.807, 2.05) is 36.4 Å². The normalized spacial score (nSPS) is 16.9. The number of nitrogens with zero attached hydrogens (tertiary/aromatic N) is 1. The molecule has 1 saturated carbocycles. The number of carbonyl (C=O) groups excluding carboxylic acids is 2. The SMILES string of the molecule is O=C(CSc1ccccc1C(=O)Nc1ccc(N2CCCCC2)cc1)NCC1CCCCC1. The van der Waals surface area contributed by atoms with Gasteiger partial charge in [-0.2, -0.15) is 0 Å². The fourth-order valence-electron chi connectivity index (χ4n) is 4.73. The second-order valence-corrected chi connectivity index (χ2v) is 10.2. The first-order valence-electron chi connectivity index (χ1n) is 12.3. The quantitative estimate of drug-likeness (QED) is 0.490. The number of hydrogen-bond acceptors (Lipinski definition) is 4. The molecule has 2 aliphatic rings. The molecule has 0 unspecified atom stereocenters. The average Bonchev–Trinajstić information content (AvgIpc) is 2.88. The Hall–Kier alpha value is -2.47. The van der Waals surface area contributed by atoms with Crippen LogP contribution < -0.4 is 15.5 Å². The van der Waals surface area contributed by atoms with E-state index in [4.69, 9.17) is 0 Å². The molecule has 2 N–H and O–H groups in total. The molecule has 0 aromatic heterocycles. The van der Waals surface area contributed by atoms with E-state index in [1.165, 1.54) is 68.8 Å². The number of piperidine rings is 1. The molecule has 1 aliphatic heterocycles. The van der Waals surface area contributed by atoms with E-state index < -0.39 is 0 Å². The first-order chi connectivity index (χ1) is 16.2. The van der Waals surface area contributed by atoms with Crippen molar-refractivity contribution in [2.24, 2.45) is 5.92 Å². The maximum atomic E-state index is 13.0. The molecule has 0 bridgehead atoms. The number of hydrogen-bond donors (Lipinski definition) is 2. The van der Waals surface area contributed by atoms with Gasteiger partial charge >= 0.3 is 0 Å². The Morgan fingerprint density at radius 3 is 2.33 bits per heavy atom. The van der Waals surface area contributed by atoms with E-state index in [0.29, 0.717) is 17.2 Å². The summed E-state index contributed by atoms with van der Waals surface area (Å²) >= 11 is 1.42. The summed E-state index contributed by atoms with van der Waals surface area (Å²) in [5.41, 5.74) is 2.59. The van der Waals surface area contributed by atoms with Gasteiger partial charge in [-0.1, -0.05) is 31.4 Å². The van der Waals surface area contributed by atoms with Crippen molar-refractivity contribution >= 4 is 35.0 Å². The molecule has 33 heavy (non-hydrogen) atoms. The van der Waals surface area contributed by atoms with Crippen LogP contribution in [0.3, 0.4) is 0 Å². The summed E-state index contributed by atoms with van der Waals surface area (Å²) in [6.45, 7) is 2.98. The van der Waals surface area contributed by atoms with E-state index in [2.05, 4.69) is 27.7 Å². The fourth-order valence-corrected chi connectivity index (χ4v) is 5.61. The highest BCUT2D eigenvalue weighted by Gasteiger charge is 2.16. The summed E-state index contributed by atoms with van der Waals surface area (Å²) in [6, 6.07) is 15.6. The lowest BCUT2D eigenvalue weighted by Crippen LogP contribution is -2.31. The van der Waals surface area contributed by atoms with Crippen LogP contribution in [0.25, 0.3) is 0 Å². The van der Waals surface area contributed by atoms with Crippen molar-refractivity contribution in [2.45, 2.75) is 56.3 Å². The molecule has 0 radical (unpaired) electrons. The van der Waals surface area contributed by atoms with Gasteiger partial charge in [-0.15, -0.1) is 11.8 Å². The number of anilines is 2. The zero-order chi connectivity index (χ0) is 22.9. The number of amides is 2. The van der Waals surface area contributed by atoms with Crippen LogP contribution in [0.4, 0.5) is 11.4 Å². The predicted molar refractivity (Wildman–Crippen MR) is 137 cm³/mol. The van der Waals surface area contributed by atoms with Crippen molar-refractivity contribution in [3.8, 4) is 0 Å². The van der Waals surface area contributed by atoms with E-state index in [1.54, 1.807) is 0 Å². The molecule has 2 fully saturated rings. The van der Waals surface area contributed by atoms with Crippen LogP contribution >= 0.6 is 11.8 Å². The number of rotatable bonds is 8. The van der Waals surface area contributed by atoms with Crippen LogP contribution in [0.2, 0.25) is 0 Å². The van der Waals surface area contributed by atoms with E-state index >= 15 is 0 Å². The largest absolute Gasteiger partial charge is 0.372 e. The summed E-state index contributed by atoms with van der Waals surface area (Å²) in [6.07, 6.45) is 10.1. The molecule has 0 spiro atoms. The van der Waals surface area contributed by atoms with Crippen LogP contribution in [0.5, 0.6) is 0 Å². The predicted octanol–water partition coefficient (Wildman–Crippen LogP) is 5.72. The number of carbonyl (C=O) groups is 2. The fraction of sp³-hybridized carbons (Fsp3) is 0.481. The molecule has 2 aromatic rings. The van der Waals surface area contributed by atoms with Gasteiger partial charge in [-0.25, -0.2) is 0 Å². The van der Waals surface area contributed by atoms with Crippen molar-refractivity contribution in [3.05, 3.63) is 54.1 Å². The van der Waals surface area contributed by atoms with Crippen molar-refractivity contribution in [3.63, 3.8) is 0 Å². The van der Waals surface area contributed by atoms with Gasteiger partial charge < -0.3 is 15.5 Å². The highest BCUT2D eigenvalue weighted by molar-refractivity contribution is 8.00. The van der Waals surface area contributed by atoms with Gasteiger partial charge in [0, 0.05) is 35.9 Å². The number of benzene rings is 2. The number of nitrogens with one attached hydrogen (secondary N) is 2. The van der Waals surface area contributed by atoms with Crippen LogP contribution in [-0.2, 0) is 4.79 Å². The Balaban J connectivity index is 1.29. The molecule has 1 heterocycles. The molecule has 0 atom stereocenters. The first kappa shape index (κ1) is 23.7. The molecule has 2 amide bonds. The van der Waals surface area contributed by atoms with E-state index in [-0.39, 0.29) is 11.8 Å². The van der Waals surface area contributed by atoms with Gasteiger partial charge in [0.2, 0.25) is 5.91 Å². The summed E-state index contributed by atoms with van der Waals surface area (Å²) in [5, 5.41) is 6.09. The maximum Gasteiger partial charge on any atom is 0.256 e. The molecular weight excluding hydrogens is 430 g/mol. The summed E-state index contributed by atoms with van der Waals surface area (Å²) < 4.78 is 0. The number of thioether (sulfide) groups is 1. The van der Waals surface area contributed by atoms with Gasteiger partial charge in [0.05, 0.1) is 11.3 Å². The molecule has 1 aliphatic carbocycles. The average molecular weight is 466 g/mol. The standard InChI is InChI=1S/C27H35N3O2S/c31-26(28-19-21-9-3-1-4-10-21)20-33-25-12-6-5-11-24(25)27(32)29-22-13-15-23(16-14-22)30-17-7-2-8-18-30/h5-6,11-16,21H,1-4,7-10,17-20H2,(H,28,31)(H,29,32). The Morgan fingerprint density at radius 1 is 0.879 bits per heavy atom. The maximum absolute atomic E-state index is 13.0. The van der Waals surface area contributed by atoms with Crippen molar-refractivity contribution in [1.82, 2.24) is 5.32 Å². The zero-order valence-electron chi connectivity index (χ0n) is 19.4. The Bertz CT molecular complexity index is 919. The third-order valence-corrected chi connectivity index (χ3v) is 7.72. The summed E-state index contributed by atoms with van der Waals surface area (Å²) in [4.78, 5) is 28.5.